The van der Waals surface area contributed by atoms with Gasteiger partial charge in [-0.3, -0.25) is 0 Å². The van der Waals surface area contributed by atoms with Gasteiger partial charge in [0, 0.05) is 5.56 Å². The van der Waals surface area contributed by atoms with Crippen molar-refractivity contribution in [3.63, 3.8) is 0 Å². The van der Waals surface area contributed by atoms with Crippen LogP contribution in [0, 0.1) is 24.1 Å². The molecule has 2 aromatic carbocycles. The normalized spacial score (nSPS) is 11.0. The van der Waals surface area contributed by atoms with Crippen LogP contribution in [-0.2, 0) is 5.41 Å². The van der Waals surface area contributed by atoms with Gasteiger partial charge < -0.3 is 4.74 Å². The van der Waals surface area contributed by atoms with E-state index in [1.807, 2.05) is 25.1 Å². The standard InChI is InChI=1S/C18H18FNO/c1-12-5-7-16(14(9-12)18(2,3)4)21-17-8-6-13(11-20)10-15(17)19/h5-10H,1-4H3. The number of ether oxygens (including phenoxy) is 1. The molecular weight excluding hydrogens is 265 g/mol. The van der Waals surface area contributed by atoms with Crippen molar-refractivity contribution in [1.29, 1.82) is 5.26 Å². The zero-order valence-electron chi connectivity index (χ0n) is 12.7. The molecule has 0 aliphatic carbocycles. The van der Waals surface area contributed by atoms with Gasteiger partial charge in [0.2, 0.25) is 0 Å². The highest BCUT2D eigenvalue weighted by molar-refractivity contribution is 5.45. The molecule has 21 heavy (non-hydrogen) atoms. The van der Waals surface area contributed by atoms with Crippen LogP contribution in [0.2, 0.25) is 0 Å². The number of nitriles is 1. The van der Waals surface area contributed by atoms with Crippen molar-refractivity contribution in [3.05, 3.63) is 58.9 Å². The Kier molecular flexibility index (Phi) is 3.99. The molecule has 0 heterocycles. The van der Waals surface area contributed by atoms with E-state index >= 15 is 0 Å². The molecule has 0 aliphatic rings. The van der Waals surface area contributed by atoms with Gasteiger partial charge in [-0.1, -0.05) is 38.5 Å². The van der Waals surface area contributed by atoms with Gasteiger partial charge in [-0.15, -0.1) is 0 Å². The summed E-state index contributed by atoms with van der Waals surface area (Å²) in [6.45, 7) is 8.28. The lowest BCUT2D eigenvalue weighted by molar-refractivity contribution is 0.424. The average molecular weight is 283 g/mol. The first kappa shape index (κ1) is 15.1. The van der Waals surface area contributed by atoms with Gasteiger partial charge >= 0.3 is 0 Å². The predicted molar refractivity (Wildman–Crippen MR) is 81.1 cm³/mol. The Labute approximate surface area is 124 Å². The summed E-state index contributed by atoms with van der Waals surface area (Å²) in [6, 6.07) is 12.0. The molecule has 0 bridgehead atoms. The smallest absolute Gasteiger partial charge is 0.167 e. The lowest BCUT2D eigenvalue weighted by Gasteiger charge is -2.23. The summed E-state index contributed by atoms with van der Waals surface area (Å²) < 4.78 is 19.7. The second-order valence-corrected chi connectivity index (χ2v) is 6.11. The number of hydrogen-bond acceptors (Lipinski definition) is 2. The minimum absolute atomic E-state index is 0.107. The summed E-state index contributed by atoms with van der Waals surface area (Å²) in [5.41, 5.74) is 2.32. The van der Waals surface area contributed by atoms with Crippen molar-refractivity contribution in [2.45, 2.75) is 33.1 Å². The minimum Gasteiger partial charge on any atom is -0.454 e. The van der Waals surface area contributed by atoms with E-state index in [0.29, 0.717) is 5.75 Å². The second kappa shape index (κ2) is 5.57. The molecule has 0 spiro atoms. The van der Waals surface area contributed by atoms with Crippen LogP contribution in [0.1, 0.15) is 37.5 Å². The van der Waals surface area contributed by atoms with Crippen molar-refractivity contribution >= 4 is 0 Å². The fourth-order valence-electron chi connectivity index (χ4n) is 2.09. The van der Waals surface area contributed by atoms with E-state index in [0.717, 1.165) is 11.1 Å². The molecule has 0 radical (unpaired) electrons. The molecule has 0 atom stereocenters. The van der Waals surface area contributed by atoms with Crippen LogP contribution in [0.25, 0.3) is 0 Å². The fourth-order valence-corrected chi connectivity index (χ4v) is 2.09. The van der Waals surface area contributed by atoms with Crippen molar-refractivity contribution in [3.8, 4) is 17.6 Å². The Morgan fingerprint density at radius 1 is 1.05 bits per heavy atom. The molecule has 0 aromatic heterocycles. The Morgan fingerprint density at radius 3 is 2.29 bits per heavy atom. The van der Waals surface area contributed by atoms with Crippen molar-refractivity contribution in [1.82, 2.24) is 0 Å². The fraction of sp³-hybridized carbons (Fsp3) is 0.278. The van der Waals surface area contributed by atoms with Crippen LogP contribution in [0.3, 0.4) is 0 Å². The minimum atomic E-state index is -0.533. The summed E-state index contributed by atoms with van der Waals surface area (Å²) in [5, 5.41) is 8.77. The lowest BCUT2D eigenvalue weighted by Crippen LogP contribution is -2.13. The third-order valence-corrected chi connectivity index (χ3v) is 3.22. The summed E-state index contributed by atoms with van der Waals surface area (Å²) in [4.78, 5) is 0. The molecule has 2 rings (SSSR count). The number of aryl methyl sites for hydroxylation is 1. The van der Waals surface area contributed by atoms with Gasteiger partial charge in [-0.2, -0.15) is 5.26 Å². The van der Waals surface area contributed by atoms with Gasteiger partial charge in [0.05, 0.1) is 11.6 Å². The molecule has 3 heteroatoms. The predicted octanol–water partition coefficient (Wildman–Crippen LogP) is 5.10. The number of rotatable bonds is 2. The van der Waals surface area contributed by atoms with Gasteiger partial charge in [0.15, 0.2) is 11.6 Å². The number of nitrogens with zero attached hydrogens (tertiary/aromatic N) is 1. The molecule has 0 saturated carbocycles. The van der Waals surface area contributed by atoms with Crippen LogP contribution < -0.4 is 4.74 Å². The van der Waals surface area contributed by atoms with Crippen molar-refractivity contribution in [2.75, 3.05) is 0 Å². The Balaban J connectivity index is 2.43. The first-order valence-corrected chi connectivity index (χ1v) is 6.80. The van der Waals surface area contributed by atoms with Gasteiger partial charge in [0.1, 0.15) is 5.75 Å². The quantitative estimate of drug-likeness (QED) is 0.768. The summed E-state index contributed by atoms with van der Waals surface area (Å²) >= 11 is 0. The Hall–Kier alpha value is -2.34. The van der Waals surface area contributed by atoms with Crippen LogP contribution >= 0.6 is 0 Å². The number of benzene rings is 2. The number of hydrogen-bond donors (Lipinski definition) is 0. The highest BCUT2D eigenvalue weighted by Gasteiger charge is 2.20. The second-order valence-electron chi connectivity index (χ2n) is 6.11. The van der Waals surface area contributed by atoms with E-state index in [2.05, 4.69) is 26.8 Å². The largest absolute Gasteiger partial charge is 0.454 e. The first-order valence-electron chi connectivity index (χ1n) is 6.80. The van der Waals surface area contributed by atoms with E-state index in [4.69, 9.17) is 10.00 Å². The Bertz CT molecular complexity index is 708. The SMILES string of the molecule is Cc1ccc(Oc2ccc(C#N)cc2F)c(C(C)(C)C)c1. The van der Waals surface area contributed by atoms with E-state index in [1.165, 1.54) is 12.1 Å². The highest BCUT2D eigenvalue weighted by Crippen LogP contribution is 2.35. The average Bonchev–Trinajstić information content (AvgIpc) is 2.41. The third kappa shape index (κ3) is 3.41. The zero-order valence-corrected chi connectivity index (χ0v) is 12.7. The molecule has 0 unspecified atom stereocenters. The highest BCUT2D eigenvalue weighted by atomic mass is 19.1. The van der Waals surface area contributed by atoms with Crippen molar-refractivity contribution in [2.24, 2.45) is 0 Å². The van der Waals surface area contributed by atoms with Crippen LogP contribution in [0.5, 0.6) is 11.5 Å². The van der Waals surface area contributed by atoms with E-state index in [-0.39, 0.29) is 16.7 Å². The molecule has 0 fully saturated rings. The molecule has 0 saturated heterocycles. The molecule has 0 aliphatic heterocycles. The van der Waals surface area contributed by atoms with Gasteiger partial charge in [0.25, 0.3) is 0 Å². The number of halogens is 1. The summed E-state index contributed by atoms with van der Waals surface area (Å²) in [5.74, 6) is 0.231. The maximum absolute atomic E-state index is 14.0. The monoisotopic (exact) mass is 283 g/mol. The Morgan fingerprint density at radius 2 is 1.71 bits per heavy atom. The zero-order chi connectivity index (χ0) is 15.6. The molecule has 2 aromatic rings. The van der Waals surface area contributed by atoms with E-state index in [9.17, 15) is 4.39 Å². The molecule has 0 amide bonds. The maximum Gasteiger partial charge on any atom is 0.167 e. The molecule has 108 valence electrons. The topological polar surface area (TPSA) is 33.0 Å². The molecule has 0 N–H and O–H groups in total. The van der Waals surface area contributed by atoms with Crippen LogP contribution in [-0.4, -0.2) is 0 Å². The van der Waals surface area contributed by atoms with Crippen molar-refractivity contribution < 1.29 is 9.13 Å². The van der Waals surface area contributed by atoms with Gasteiger partial charge in [-0.05, 0) is 36.6 Å². The summed E-state index contributed by atoms with van der Waals surface area (Å²) in [7, 11) is 0. The van der Waals surface area contributed by atoms with E-state index < -0.39 is 5.82 Å². The molecule has 2 nitrogen and oxygen atoms in total. The third-order valence-electron chi connectivity index (χ3n) is 3.22. The van der Waals surface area contributed by atoms with Crippen LogP contribution in [0.4, 0.5) is 4.39 Å². The van der Waals surface area contributed by atoms with E-state index in [1.54, 1.807) is 6.07 Å². The first-order chi connectivity index (χ1) is 9.81. The summed E-state index contributed by atoms with van der Waals surface area (Å²) in [6.07, 6.45) is 0. The maximum atomic E-state index is 14.0. The van der Waals surface area contributed by atoms with Crippen LogP contribution in [0.15, 0.2) is 36.4 Å². The van der Waals surface area contributed by atoms with Gasteiger partial charge in [-0.25, -0.2) is 4.39 Å². The lowest BCUT2D eigenvalue weighted by atomic mass is 9.85. The molecular formula is C18H18FNO.